The van der Waals surface area contributed by atoms with E-state index in [1.54, 1.807) is 0 Å². The predicted octanol–water partition coefficient (Wildman–Crippen LogP) is 3.39. The van der Waals surface area contributed by atoms with E-state index in [0.717, 1.165) is 51.4 Å². The normalized spacial score (nSPS) is 30.2. The van der Waals surface area contributed by atoms with E-state index in [9.17, 15) is 14.4 Å². The van der Waals surface area contributed by atoms with E-state index in [1.165, 1.54) is 10.5 Å². The lowest BCUT2D eigenvalue weighted by molar-refractivity contribution is -0.140. The first-order valence-corrected chi connectivity index (χ1v) is 10.8. The molecule has 1 aliphatic heterocycles. The van der Waals surface area contributed by atoms with Gasteiger partial charge in [-0.1, -0.05) is 43.2 Å². The zero-order valence-electron chi connectivity index (χ0n) is 16.4. The highest BCUT2D eigenvalue weighted by Gasteiger charge is 2.47. The molecule has 0 spiro atoms. The predicted molar refractivity (Wildman–Crippen MR) is 106 cm³/mol. The summed E-state index contributed by atoms with van der Waals surface area (Å²) >= 11 is 0. The molecule has 1 aromatic rings. The maximum absolute atomic E-state index is 12.5. The van der Waals surface area contributed by atoms with Crippen molar-refractivity contribution < 1.29 is 14.4 Å². The first-order valence-electron chi connectivity index (χ1n) is 10.8. The smallest absolute Gasteiger partial charge is 0.233 e. The fourth-order valence-electron chi connectivity index (χ4n) is 5.26. The molecule has 2 aliphatic carbocycles. The average Bonchev–Trinajstić information content (AvgIpc) is 2.98. The molecular formula is C23H30N2O3. The molecule has 0 aromatic heterocycles. The molecule has 1 N–H and O–H groups in total. The van der Waals surface area contributed by atoms with Gasteiger partial charge in [-0.15, -0.1) is 0 Å². The third kappa shape index (κ3) is 3.98. The van der Waals surface area contributed by atoms with Crippen LogP contribution in [0.5, 0.6) is 0 Å². The van der Waals surface area contributed by atoms with Gasteiger partial charge in [-0.05, 0) is 50.0 Å². The molecule has 2 unspecified atom stereocenters. The Labute approximate surface area is 166 Å². The summed E-state index contributed by atoms with van der Waals surface area (Å²) < 4.78 is 0. The van der Waals surface area contributed by atoms with Gasteiger partial charge >= 0.3 is 0 Å². The highest BCUT2D eigenvalue weighted by molar-refractivity contribution is 6.05. The zero-order chi connectivity index (χ0) is 19.5. The number of fused-ring (bicyclic) bond motifs is 1. The maximum atomic E-state index is 12.5. The Morgan fingerprint density at radius 3 is 2.11 bits per heavy atom. The van der Waals surface area contributed by atoms with Crippen molar-refractivity contribution in [2.45, 2.75) is 69.7 Å². The Bertz CT molecular complexity index is 701. The number of amides is 3. The third-order valence-corrected chi connectivity index (χ3v) is 6.86. The lowest BCUT2D eigenvalue weighted by Crippen LogP contribution is -2.40. The van der Waals surface area contributed by atoms with Crippen LogP contribution in [0.25, 0.3) is 0 Å². The number of carbonyl (C=O) groups excluding carboxylic acids is 3. The van der Waals surface area contributed by atoms with Crippen LogP contribution < -0.4 is 5.32 Å². The van der Waals surface area contributed by atoms with Crippen molar-refractivity contribution in [3.63, 3.8) is 0 Å². The zero-order valence-corrected chi connectivity index (χ0v) is 16.4. The van der Waals surface area contributed by atoms with Gasteiger partial charge in [-0.3, -0.25) is 19.3 Å². The summed E-state index contributed by atoms with van der Waals surface area (Å²) in [6.07, 6.45) is 8.05. The molecule has 0 radical (unpaired) electrons. The molecule has 2 atom stereocenters. The van der Waals surface area contributed by atoms with E-state index in [1.807, 2.05) is 6.07 Å². The minimum absolute atomic E-state index is 0.0429. The second kappa shape index (κ2) is 8.46. The molecule has 28 heavy (non-hydrogen) atoms. The van der Waals surface area contributed by atoms with E-state index in [-0.39, 0.29) is 48.6 Å². The molecule has 1 aromatic carbocycles. The number of nitrogens with one attached hydrogen (secondary N) is 1. The summed E-state index contributed by atoms with van der Waals surface area (Å²) in [5.41, 5.74) is 1.39. The van der Waals surface area contributed by atoms with Crippen molar-refractivity contribution >= 4 is 17.7 Å². The SMILES string of the molecule is O=C(CCN1C(=O)C2CCCCC2C1=O)NC1CCC(c2ccccc2)CC1. The fraction of sp³-hybridized carbons (Fsp3) is 0.609. The molecule has 1 saturated heterocycles. The molecule has 5 nitrogen and oxygen atoms in total. The van der Waals surface area contributed by atoms with Crippen molar-refractivity contribution in [2.75, 3.05) is 6.54 Å². The number of rotatable bonds is 5. The van der Waals surface area contributed by atoms with E-state index in [2.05, 4.69) is 29.6 Å². The molecule has 150 valence electrons. The van der Waals surface area contributed by atoms with Crippen molar-refractivity contribution in [3.8, 4) is 0 Å². The quantitative estimate of drug-likeness (QED) is 0.794. The topological polar surface area (TPSA) is 66.5 Å². The fourth-order valence-corrected chi connectivity index (χ4v) is 5.26. The molecule has 4 rings (SSSR count). The lowest BCUT2D eigenvalue weighted by atomic mass is 9.81. The van der Waals surface area contributed by atoms with E-state index < -0.39 is 0 Å². The molecule has 2 saturated carbocycles. The molecule has 1 heterocycles. The molecule has 5 heteroatoms. The molecule has 3 fully saturated rings. The van der Waals surface area contributed by atoms with Crippen LogP contribution in [-0.4, -0.2) is 35.2 Å². The van der Waals surface area contributed by atoms with Crippen molar-refractivity contribution in [1.82, 2.24) is 10.2 Å². The van der Waals surface area contributed by atoms with Crippen molar-refractivity contribution in [1.29, 1.82) is 0 Å². The first-order chi connectivity index (χ1) is 13.6. The summed E-state index contributed by atoms with van der Waals surface area (Å²) in [6.45, 7) is 0.232. The van der Waals surface area contributed by atoms with E-state index in [0.29, 0.717) is 5.92 Å². The Morgan fingerprint density at radius 1 is 0.893 bits per heavy atom. The monoisotopic (exact) mass is 382 g/mol. The minimum atomic E-state index is -0.127. The Balaban J connectivity index is 1.22. The third-order valence-electron chi connectivity index (χ3n) is 6.86. The molecule has 0 bridgehead atoms. The van der Waals surface area contributed by atoms with Gasteiger partial charge in [0.1, 0.15) is 0 Å². The average molecular weight is 383 g/mol. The number of nitrogens with zero attached hydrogens (tertiary/aromatic N) is 1. The van der Waals surface area contributed by atoms with Gasteiger partial charge in [0, 0.05) is 19.0 Å². The number of carbonyl (C=O) groups is 3. The summed E-state index contributed by atoms with van der Waals surface area (Å²) in [4.78, 5) is 38.7. The van der Waals surface area contributed by atoms with E-state index >= 15 is 0 Å². The summed E-state index contributed by atoms with van der Waals surface area (Å²) in [7, 11) is 0. The van der Waals surface area contributed by atoms with Gasteiger partial charge in [0.15, 0.2) is 0 Å². The molecule has 3 amide bonds. The summed E-state index contributed by atoms with van der Waals surface area (Å²) in [6, 6.07) is 10.8. The van der Waals surface area contributed by atoms with Crippen LogP contribution in [0.4, 0.5) is 0 Å². The van der Waals surface area contributed by atoms with Crippen LogP contribution in [-0.2, 0) is 14.4 Å². The number of hydrogen-bond donors (Lipinski definition) is 1. The van der Waals surface area contributed by atoms with Gasteiger partial charge < -0.3 is 5.32 Å². The second-order valence-electron chi connectivity index (χ2n) is 8.60. The van der Waals surface area contributed by atoms with Gasteiger partial charge in [0.25, 0.3) is 0 Å². The Morgan fingerprint density at radius 2 is 1.50 bits per heavy atom. The molecular weight excluding hydrogens is 352 g/mol. The van der Waals surface area contributed by atoms with Gasteiger partial charge in [0.2, 0.25) is 17.7 Å². The highest BCUT2D eigenvalue weighted by atomic mass is 16.2. The highest BCUT2D eigenvalue weighted by Crippen LogP contribution is 2.38. The number of benzene rings is 1. The summed E-state index contributed by atoms with van der Waals surface area (Å²) in [5.74, 6) is 0.183. The minimum Gasteiger partial charge on any atom is -0.353 e. The van der Waals surface area contributed by atoms with Crippen LogP contribution in [0.3, 0.4) is 0 Å². The number of imide groups is 1. The van der Waals surface area contributed by atoms with Crippen LogP contribution in [0, 0.1) is 11.8 Å². The molecule has 3 aliphatic rings. The van der Waals surface area contributed by atoms with Crippen molar-refractivity contribution in [3.05, 3.63) is 35.9 Å². The van der Waals surface area contributed by atoms with Gasteiger partial charge in [-0.2, -0.15) is 0 Å². The summed E-state index contributed by atoms with van der Waals surface area (Å²) in [5, 5.41) is 3.12. The van der Waals surface area contributed by atoms with Crippen LogP contribution in [0.1, 0.15) is 69.3 Å². The van der Waals surface area contributed by atoms with Crippen LogP contribution in [0.15, 0.2) is 30.3 Å². The van der Waals surface area contributed by atoms with Gasteiger partial charge in [-0.25, -0.2) is 0 Å². The largest absolute Gasteiger partial charge is 0.353 e. The first kappa shape index (κ1) is 19.2. The maximum Gasteiger partial charge on any atom is 0.233 e. The van der Waals surface area contributed by atoms with Crippen LogP contribution >= 0.6 is 0 Å². The Hall–Kier alpha value is -2.17. The standard InChI is InChI=1S/C23H30N2O3/c26-21(14-15-25-22(27)19-8-4-5-9-20(19)23(25)28)24-18-12-10-17(11-13-18)16-6-2-1-3-7-16/h1-3,6-7,17-20H,4-5,8-15H2,(H,24,26). The van der Waals surface area contributed by atoms with Crippen molar-refractivity contribution in [2.24, 2.45) is 11.8 Å². The van der Waals surface area contributed by atoms with Gasteiger partial charge in [0.05, 0.1) is 11.8 Å². The number of hydrogen-bond acceptors (Lipinski definition) is 3. The number of likely N-dealkylation sites (tertiary alicyclic amines) is 1. The second-order valence-corrected chi connectivity index (χ2v) is 8.60. The van der Waals surface area contributed by atoms with Crippen LogP contribution in [0.2, 0.25) is 0 Å². The Kier molecular flexibility index (Phi) is 5.79. The van der Waals surface area contributed by atoms with E-state index in [4.69, 9.17) is 0 Å². The lowest BCUT2D eigenvalue weighted by Gasteiger charge is -2.29.